The summed E-state index contributed by atoms with van der Waals surface area (Å²) >= 11 is 13.5. The van der Waals surface area contributed by atoms with Crippen LogP contribution in [0.15, 0.2) is 54.6 Å². The van der Waals surface area contributed by atoms with Gasteiger partial charge in [-0.2, -0.15) is 0 Å². The van der Waals surface area contributed by atoms with Gasteiger partial charge >= 0.3 is 0 Å². The number of carbonyl (C=O) groups excluding carboxylic acids is 2. The summed E-state index contributed by atoms with van der Waals surface area (Å²) in [5.41, 5.74) is 2.44. The van der Waals surface area contributed by atoms with Crippen molar-refractivity contribution in [2.45, 2.75) is 6.42 Å². The molecule has 3 rings (SSSR count). The second-order valence-electron chi connectivity index (χ2n) is 6.44. The third kappa shape index (κ3) is 5.13. The predicted octanol–water partition coefficient (Wildman–Crippen LogP) is 5.60. The third-order valence-electron chi connectivity index (χ3n) is 4.04. The third-order valence-corrected chi connectivity index (χ3v) is 5.61. The zero-order valence-corrected chi connectivity index (χ0v) is 17.7. The van der Waals surface area contributed by atoms with E-state index in [0.717, 1.165) is 16.0 Å². The Bertz CT molecular complexity index is 993. The Balaban J connectivity index is 1.68. The van der Waals surface area contributed by atoms with Crippen LogP contribution < -0.4 is 5.32 Å². The highest BCUT2D eigenvalue weighted by Crippen LogP contribution is 2.32. The van der Waals surface area contributed by atoms with E-state index in [1.54, 1.807) is 43.3 Å². The minimum absolute atomic E-state index is 0.0315. The summed E-state index contributed by atoms with van der Waals surface area (Å²) in [4.78, 5) is 27.3. The van der Waals surface area contributed by atoms with E-state index in [1.807, 2.05) is 30.3 Å². The summed E-state index contributed by atoms with van der Waals surface area (Å²) in [7, 11) is 3.45. The van der Waals surface area contributed by atoms with Gasteiger partial charge in [-0.05, 0) is 53.6 Å². The van der Waals surface area contributed by atoms with Gasteiger partial charge in [-0.25, -0.2) is 0 Å². The quantitative estimate of drug-likeness (QED) is 0.569. The van der Waals surface area contributed by atoms with Gasteiger partial charge in [0.15, 0.2) is 0 Å². The molecule has 0 aliphatic heterocycles. The Kier molecular flexibility index (Phi) is 6.39. The average Bonchev–Trinajstić information content (AvgIpc) is 3.13. The molecule has 1 heterocycles. The van der Waals surface area contributed by atoms with Crippen LogP contribution in [0.2, 0.25) is 10.0 Å². The van der Waals surface area contributed by atoms with Gasteiger partial charge < -0.3 is 10.2 Å². The summed E-state index contributed by atoms with van der Waals surface area (Å²) in [5.74, 6) is -0.162. The first-order chi connectivity index (χ1) is 13.3. The Hall–Kier alpha value is -2.34. The number of carbonyl (C=O) groups is 2. The second-order valence-corrected chi connectivity index (χ2v) is 8.39. The monoisotopic (exact) mass is 432 g/mol. The number of hydrogen-bond donors (Lipinski definition) is 1. The summed E-state index contributed by atoms with van der Waals surface area (Å²) in [5, 5.41) is 3.97. The Morgan fingerprint density at radius 2 is 1.61 bits per heavy atom. The van der Waals surface area contributed by atoms with E-state index < -0.39 is 0 Å². The number of benzene rings is 2. The van der Waals surface area contributed by atoms with E-state index in [4.69, 9.17) is 23.2 Å². The largest absolute Gasteiger partial charge is 0.349 e. The molecule has 0 spiro atoms. The molecule has 0 aliphatic rings. The maximum atomic E-state index is 12.5. The lowest BCUT2D eigenvalue weighted by Gasteiger charge is -2.10. The van der Waals surface area contributed by atoms with E-state index in [-0.39, 0.29) is 11.8 Å². The van der Waals surface area contributed by atoms with Crippen molar-refractivity contribution in [1.82, 2.24) is 4.90 Å². The van der Waals surface area contributed by atoms with Crippen LogP contribution in [-0.4, -0.2) is 30.8 Å². The molecule has 1 aromatic heterocycles. The molecule has 2 amide bonds. The minimum atomic E-state index is -0.193. The van der Waals surface area contributed by atoms with Gasteiger partial charge in [0.05, 0.1) is 11.3 Å². The molecule has 0 aliphatic carbocycles. The fraction of sp³-hybridized carbons (Fsp3) is 0.143. The van der Waals surface area contributed by atoms with E-state index in [2.05, 4.69) is 5.32 Å². The van der Waals surface area contributed by atoms with Crippen molar-refractivity contribution in [3.05, 3.63) is 75.1 Å². The molecule has 0 radical (unpaired) electrons. The zero-order chi connectivity index (χ0) is 20.3. The van der Waals surface area contributed by atoms with Crippen molar-refractivity contribution < 1.29 is 9.59 Å². The fourth-order valence-electron chi connectivity index (χ4n) is 2.54. The van der Waals surface area contributed by atoms with Crippen LogP contribution in [-0.2, 0) is 11.2 Å². The predicted molar refractivity (Wildman–Crippen MR) is 117 cm³/mol. The number of likely N-dealkylation sites (N-methyl/N-ethyl adjacent to an activating group) is 1. The normalized spacial score (nSPS) is 10.6. The van der Waals surface area contributed by atoms with E-state index in [0.29, 0.717) is 27.0 Å². The number of rotatable bonds is 5. The van der Waals surface area contributed by atoms with Crippen LogP contribution in [0, 0.1) is 0 Å². The molecule has 2 aromatic carbocycles. The summed E-state index contributed by atoms with van der Waals surface area (Å²) < 4.78 is 0. The van der Waals surface area contributed by atoms with Gasteiger partial charge in [0.25, 0.3) is 5.91 Å². The van der Waals surface area contributed by atoms with Gasteiger partial charge in [-0.3, -0.25) is 9.59 Å². The van der Waals surface area contributed by atoms with Crippen LogP contribution in [0.1, 0.15) is 15.2 Å². The molecular weight excluding hydrogens is 415 g/mol. The van der Waals surface area contributed by atoms with E-state index in [1.165, 1.54) is 11.3 Å². The zero-order valence-electron chi connectivity index (χ0n) is 15.3. The first-order valence-electron chi connectivity index (χ1n) is 8.48. The summed E-state index contributed by atoms with van der Waals surface area (Å²) in [6, 6.07) is 16.2. The molecule has 0 unspecified atom stereocenters. The van der Waals surface area contributed by atoms with Crippen molar-refractivity contribution in [3.8, 4) is 10.4 Å². The van der Waals surface area contributed by atoms with Crippen LogP contribution in [0.5, 0.6) is 0 Å². The molecule has 1 N–H and O–H groups in total. The molecule has 28 heavy (non-hydrogen) atoms. The number of nitrogens with zero attached hydrogens (tertiary/aromatic N) is 1. The Labute approximate surface area is 177 Å². The molecule has 7 heteroatoms. The van der Waals surface area contributed by atoms with Crippen molar-refractivity contribution >= 4 is 52.0 Å². The Morgan fingerprint density at radius 3 is 2.21 bits per heavy atom. The number of halogens is 2. The first-order valence-corrected chi connectivity index (χ1v) is 10.1. The second kappa shape index (κ2) is 8.78. The fourth-order valence-corrected chi connectivity index (χ4v) is 3.96. The topological polar surface area (TPSA) is 49.4 Å². The van der Waals surface area contributed by atoms with E-state index >= 15 is 0 Å². The van der Waals surface area contributed by atoms with Crippen LogP contribution in [0.3, 0.4) is 0 Å². The standard InChI is InChI=1S/C21H18Cl2N2O2S/c1-25(2)20(26)9-13-3-5-17(6-4-13)24-21(27)19-8-7-18(28-19)14-10-15(22)12-16(23)11-14/h3-8,10-12H,9H2,1-2H3,(H,24,27). The maximum Gasteiger partial charge on any atom is 0.265 e. The molecule has 0 saturated heterocycles. The van der Waals surface area contributed by atoms with Crippen molar-refractivity contribution in [1.29, 1.82) is 0 Å². The van der Waals surface area contributed by atoms with Gasteiger partial charge in [0, 0.05) is 34.7 Å². The lowest BCUT2D eigenvalue weighted by molar-refractivity contribution is -0.127. The van der Waals surface area contributed by atoms with Crippen molar-refractivity contribution in [2.75, 3.05) is 19.4 Å². The molecule has 0 bridgehead atoms. The molecule has 0 saturated carbocycles. The SMILES string of the molecule is CN(C)C(=O)Cc1ccc(NC(=O)c2ccc(-c3cc(Cl)cc(Cl)c3)s2)cc1. The van der Waals surface area contributed by atoms with Crippen LogP contribution >= 0.6 is 34.5 Å². The first kappa shape index (κ1) is 20.4. The van der Waals surface area contributed by atoms with Gasteiger partial charge in [-0.1, -0.05) is 35.3 Å². The van der Waals surface area contributed by atoms with Crippen LogP contribution in [0.4, 0.5) is 5.69 Å². The maximum absolute atomic E-state index is 12.5. The molecule has 4 nitrogen and oxygen atoms in total. The lowest BCUT2D eigenvalue weighted by Crippen LogP contribution is -2.23. The van der Waals surface area contributed by atoms with Crippen LogP contribution in [0.25, 0.3) is 10.4 Å². The lowest BCUT2D eigenvalue weighted by atomic mass is 10.1. The van der Waals surface area contributed by atoms with Gasteiger partial charge in [-0.15, -0.1) is 11.3 Å². The number of thiophene rings is 1. The molecule has 0 fully saturated rings. The van der Waals surface area contributed by atoms with Crippen molar-refractivity contribution in [2.24, 2.45) is 0 Å². The average molecular weight is 433 g/mol. The molecule has 0 atom stereocenters. The summed E-state index contributed by atoms with van der Waals surface area (Å²) in [6.45, 7) is 0. The molecular formula is C21H18Cl2N2O2S. The van der Waals surface area contributed by atoms with Gasteiger partial charge in [0.1, 0.15) is 0 Å². The number of anilines is 1. The van der Waals surface area contributed by atoms with E-state index in [9.17, 15) is 9.59 Å². The molecule has 3 aromatic rings. The molecule has 144 valence electrons. The number of hydrogen-bond acceptors (Lipinski definition) is 3. The highest BCUT2D eigenvalue weighted by Gasteiger charge is 2.12. The highest BCUT2D eigenvalue weighted by molar-refractivity contribution is 7.17. The minimum Gasteiger partial charge on any atom is -0.349 e. The number of amides is 2. The number of nitrogens with one attached hydrogen (secondary N) is 1. The Morgan fingerprint density at radius 1 is 0.964 bits per heavy atom. The smallest absolute Gasteiger partial charge is 0.265 e. The summed E-state index contributed by atoms with van der Waals surface area (Å²) in [6.07, 6.45) is 0.331. The van der Waals surface area contributed by atoms with Gasteiger partial charge in [0.2, 0.25) is 5.91 Å². The highest BCUT2D eigenvalue weighted by atomic mass is 35.5. The van der Waals surface area contributed by atoms with Crippen molar-refractivity contribution in [3.63, 3.8) is 0 Å².